The maximum atomic E-state index is 11.9. The van der Waals surface area contributed by atoms with Crippen LogP contribution < -0.4 is 10.6 Å². The van der Waals surface area contributed by atoms with Gasteiger partial charge in [-0.05, 0) is 36.2 Å². The highest BCUT2D eigenvalue weighted by atomic mass is 16.4. The van der Waals surface area contributed by atoms with Gasteiger partial charge in [-0.2, -0.15) is 0 Å². The largest absolute Gasteiger partial charge is 0.481 e. The van der Waals surface area contributed by atoms with Crippen molar-refractivity contribution in [1.82, 2.24) is 10.6 Å². The van der Waals surface area contributed by atoms with Gasteiger partial charge in [-0.15, -0.1) is 0 Å². The van der Waals surface area contributed by atoms with Crippen LogP contribution in [-0.4, -0.2) is 29.4 Å². The van der Waals surface area contributed by atoms with Crippen molar-refractivity contribution in [3.63, 3.8) is 0 Å². The zero-order valence-corrected chi connectivity index (χ0v) is 13.0. The van der Waals surface area contributed by atoms with Crippen molar-refractivity contribution >= 4 is 17.8 Å². The summed E-state index contributed by atoms with van der Waals surface area (Å²) in [5.74, 6) is -1.20. The van der Waals surface area contributed by atoms with Gasteiger partial charge in [0.05, 0.1) is 6.26 Å². The smallest absolute Gasteiger partial charge is 0.303 e. The summed E-state index contributed by atoms with van der Waals surface area (Å²) in [6.45, 7) is 0.631. The van der Waals surface area contributed by atoms with Gasteiger partial charge in [0.25, 0.3) is 11.8 Å². The molecule has 24 heavy (non-hydrogen) atoms. The Morgan fingerprint density at radius 2 is 1.75 bits per heavy atom. The van der Waals surface area contributed by atoms with Gasteiger partial charge in [0.15, 0.2) is 5.76 Å². The van der Waals surface area contributed by atoms with E-state index < -0.39 is 5.97 Å². The van der Waals surface area contributed by atoms with Crippen molar-refractivity contribution in [2.45, 2.75) is 19.4 Å². The first kappa shape index (κ1) is 17.3. The molecule has 0 fully saturated rings. The average molecular weight is 330 g/mol. The van der Waals surface area contributed by atoms with Gasteiger partial charge in [0, 0.05) is 25.1 Å². The minimum atomic E-state index is -0.884. The highest BCUT2D eigenvalue weighted by Gasteiger charge is 2.08. The van der Waals surface area contributed by atoms with Crippen LogP contribution in [0, 0.1) is 0 Å². The maximum absolute atomic E-state index is 11.9. The molecule has 0 aliphatic rings. The second-order valence-electron chi connectivity index (χ2n) is 5.11. The summed E-state index contributed by atoms with van der Waals surface area (Å²) >= 11 is 0. The number of hydrogen-bond acceptors (Lipinski definition) is 4. The van der Waals surface area contributed by atoms with E-state index in [0.717, 1.165) is 5.56 Å². The van der Waals surface area contributed by atoms with Gasteiger partial charge in [0.2, 0.25) is 0 Å². The average Bonchev–Trinajstić information content (AvgIpc) is 3.11. The normalized spacial score (nSPS) is 10.2. The summed E-state index contributed by atoms with van der Waals surface area (Å²) in [6.07, 6.45) is 1.84. The molecule has 0 spiro atoms. The Hall–Kier alpha value is -3.09. The van der Waals surface area contributed by atoms with Gasteiger partial charge in [-0.3, -0.25) is 14.4 Å². The molecule has 126 valence electrons. The highest BCUT2D eigenvalue weighted by molar-refractivity contribution is 5.94. The number of aliphatic carboxylic acids is 1. The standard InChI is InChI=1S/C17H18N2O5/c20-15(21)4-1-9-18-16(22)13-7-5-12(6-8-13)11-19-17(23)14-3-2-10-24-14/h2-3,5-8,10H,1,4,9,11H2,(H,18,22)(H,19,23)(H,20,21). The Kier molecular flexibility index (Phi) is 6.13. The number of amides is 2. The lowest BCUT2D eigenvalue weighted by atomic mass is 10.1. The van der Waals surface area contributed by atoms with Crippen molar-refractivity contribution in [2.24, 2.45) is 0 Å². The Balaban J connectivity index is 1.78. The Morgan fingerprint density at radius 3 is 2.38 bits per heavy atom. The summed E-state index contributed by atoms with van der Waals surface area (Å²) < 4.78 is 4.99. The summed E-state index contributed by atoms with van der Waals surface area (Å²) in [6, 6.07) is 10.0. The minimum absolute atomic E-state index is 0.0224. The van der Waals surface area contributed by atoms with Crippen molar-refractivity contribution in [1.29, 1.82) is 0 Å². The van der Waals surface area contributed by atoms with E-state index in [9.17, 15) is 14.4 Å². The van der Waals surface area contributed by atoms with Gasteiger partial charge in [0.1, 0.15) is 0 Å². The predicted octanol–water partition coefficient (Wildman–Crippen LogP) is 1.80. The highest BCUT2D eigenvalue weighted by Crippen LogP contribution is 2.06. The van der Waals surface area contributed by atoms with E-state index in [1.807, 2.05) is 0 Å². The molecular formula is C17H18N2O5. The fourth-order valence-electron chi connectivity index (χ4n) is 1.99. The topological polar surface area (TPSA) is 109 Å². The molecule has 1 aromatic carbocycles. The van der Waals surface area contributed by atoms with Crippen LogP contribution in [0.2, 0.25) is 0 Å². The van der Waals surface area contributed by atoms with Crippen molar-refractivity contribution in [3.05, 3.63) is 59.5 Å². The fraction of sp³-hybridized carbons (Fsp3) is 0.235. The van der Waals surface area contributed by atoms with Crippen LogP contribution in [0.25, 0.3) is 0 Å². The zero-order valence-electron chi connectivity index (χ0n) is 13.0. The molecule has 7 heteroatoms. The first-order valence-corrected chi connectivity index (χ1v) is 7.47. The second-order valence-corrected chi connectivity index (χ2v) is 5.11. The van der Waals surface area contributed by atoms with E-state index in [4.69, 9.17) is 9.52 Å². The van der Waals surface area contributed by atoms with E-state index in [1.54, 1.807) is 36.4 Å². The van der Waals surface area contributed by atoms with Gasteiger partial charge in [-0.1, -0.05) is 12.1 Å². The Bertz CT molecular complexity index is 692. The van der Waals surface area contributed by atoms with Crippen LogP contribution >= 0.6 is 0 Å². The number of carboxylic acid groups (broad SMARTS) is 1. The van der Waals surface area contributed by atoms with E-state index in [0.29, 0.717) is 25.1 Å². The van der Waals surface area contributed by atoms with Gasteiger partial charge < -0.3 is 20.2 Å². The number of carbonyl (C=O) groups is 3. The summed E-state index contributed by atoms with van der Waals surface area (Å²) in [4.78, 5) is 34.0. The maximum Gasteiger partial charge on any atom is 0.303 e. The number of benzene rings is 1. The lowest BCUT2D eigenvalue weighted by Gasteiger charge is -2.06. The molecule has 2 rings (SSSR count). The molecule has 0 saturated carbocycles. The van der Waals surface area contributed by atoms with Gasteiger partial charge >= 0.3 is 5.97 Å². The molecule has 0 radical (unpaired) electrons. The number of rotatable bonds is 8. The number of carbonyl (C=O) groups excluding carboxylic acids is 2. The van der Waals surface area contributed by atoms with Crippen molar-refractivity contribution in [2.75, 3.05) is 6.54 Å². The van der Waals surface area contributed by atoms with Crippen LogP contribution in [0.5, 0.6) is 0 Å². The molecule has 0 saturated heterocycles. The van der Waals surface area contributed by atoms with Crippen LogP contribution in [0.3, 0.4) is 0 Å². The van der Waals surface area contributed by atoms with E-state index >= 15 is 0 Å². The lowest BCUT2D eigenvalue weighted by molar-refractivity contribution is -0.137. The molecular weight excluding hydrogens is 312 g/mol. The third-order valence-corrected chi connectivity index (χ3v) is 3.27. The van der Waals surface area contributed by atoms with Gasteiger partial charge in [-0.25, -0.2) is 0 Å². The van der Waals surface area contributed by atoms with Crippen LogP contribution in [0.4, 0.5) is 0 Å². The van der Waals surface area contributed by atoms with Crippen LogP contribution in [0.15, 0.2) is 47.1 Å². The van der Waals surface area contributed by atoms with Crippen molar-refractivity contribution in [3.8, 4) is 0 Å². The minimum Gasteiger partial charge on any atom is -0.481 e. The first-order chi connectivity index (χ1) is 11.6. The number of carboxylic acids is 1. The first-order valence-electron chi connectivity index (χ1n) is 7.47. The molecule has 3 N–H and O–H groups in total. The van der Waals surface area contributed by atoms with E-state index in [1.165, 1.54) is 6.26 Å². The summed E-state index contributed by atoms with van der Waals surface area (Å²) in [7, 11) is 0. The quantitative estimate of drug-likeness (QED) is 0.640. The van der Waals surface area contributed by atoms with Crippen molar-refractivity contribution < 1.29 is 23.9 Å². The van der Waals surface area contributed by atoms with Crippen LogP contribution in [0.1, 0.15) is 39.3 Å². The van der Waals surface area contributed by atoms with E-state index in [-0.39, 0.29) is 24.0 Å². The van der Waals surface area contributed by atoms with E-state index in [2.05, 4.69) is 10.6 Å². The summed E-state index contributed by atoms with van der Waals surface area (Å²) in [5, 5.41) is 13.9. The molecule has 7 nitrogen and oxygen atoms in total. The molecule has 0 bridgehead atoms. The summed E-state index contributed by atoms with van der Waals surface area (Å²) in [5.41, 5.74) is 1.32. The fourth-order valence-corrected chi connectivity index (χ4v) is 1.99. The number of hydrogen-bond donors (Lipinski definition) is 3. The molecule has 0 aliphatic carbocycles. The monoisotopic (exact) mass is 330 g/mol. The number of furan rings is 1. The predicted molar refractivity (Wildman–Crippen MR) is 85.5 cm³/mol. The molecule has 1 heterocycles. The van der Waals surface area contributed by atoms with Crippen LogP contribution in [-0.2, 0) is 11.3 Å². The second kappa shape index (κ2) is 8.52. The Labute approximate surface area is 138 Å². The number of nitrogens with one attached hydrogen (secondary N) is 2. The molecule has 1 aromatic heterocycles. The molecule has 2 aromatic rings. The Morgan fingerprint density at radius 1 is 1.00 bits per heavy atom. The SMILES string of the molecule is O=C(O)CCCNC(=O)c1ccc(CNC(=O)c2ccco2)cc1. The zero-order chi connectivity index (χ0) is 17.4. The third kappa shape index (κ3) is 5.28. The molecule has 0 aliphatic heterocycles. The molecule has 2 amide bonds. The third-order valence-electron chi connectivity index (χ3n) is 3.27. The molecule has 0 unspecified atom stereocenters. The lowest BCUT2D eigenvalue weighted by Crippen LogP contribution is -2.25. The molecule has 0 atom stereocenters.